The highest BCUT2D eigenvalue weighted by Crippen LogP contribution is 2.34. The van der Waals surface area contributed by atoms with Crippen molar-refractivity contribution in [3.05, 3.63) is 76.8 Å². The zero-order valence-corrected chi connectivity index (χ0v) is 19.0. The van der Waals surface area contributed by atoms with Crippen LogP contribution in [-0.4, -0.2) is 41.8 Å². The number of methoxy groups -OCH3 is 1. The van der Waals surface area contributed by atoms with Gasteiger partial charge in [0.15, 0.2) is 0 Å². The quantitative estimate of drug-likeness (QED) is 0.404. The average molecular weight is 465 g/mol. The molecule has 1 aliphatic rings. The molecule has 0 aliphatic carbocycles. The first-order chi connectivity index (χ1) is 16.0. The van der Waals surface area contributed by atoms with Crippen LogP contribution in [0.3, 0.4) is 0 Å². The fourth-order valence-corrected chi connectivity index (χ4v) is 4.22. The molecule has 4 aromatic rings. The van der Waals surface area contributed by atoms with Crippen LogP contribution >= 0.6 is 11.6 Å². The fourth-order valence-electron chi connectivity index (χ4n) is 4.06. The molecule has 5 rings (SSSR count). The minimum atomic E-state index is -0.419. The minimum absolute atomic E-state index is 0.172. The Morgan fingerprint density at radius 3 is 2.82 bits per heavy atom. The third kappa shape index (κ3) is 4.34. The second kappa shape index (κ2) is 8.92. The molecule has 0 saturated carbocycles. The molecule has 0 unspecified atom stereocenters. The molecular formula is C25H22ClFN4O2. The Labute approximate surface area is 196 Å². The lowest BCUT2D eigenvalue weighted by Crippen LogP contribution is -2.39. The van der Waals surface area contributed by atoms with Crippen LogP contribution < -0.4 is 9.64 Å². The van der Waals surface area contributed by atoms with E-state index in [1.165, 1.54) is 6.07 Å². The summed E-state index contributed by atoms with van der Waals surface area (Å²) in [5, 5.41) is 1.13. The lowest BCUT2D eigenvalue weighted by atomic mass is 10.0. The molecule has 0 spiro atoms. The first kappa shape index (κ1) is 21.6. The van der Waals surface area contributed by atoms with E-state index in [1.807, 2.05) is 37.3 Å². The summed E-state index contributed by atoms with van der Waals surface area (Å²) in [6.45, 7) is 3.70. The van der Waals surface area contributed by atoms with Gasteiger partial charge in [0.05, 0.1) is 24.9 Å². The summed E-state index contributed by atoms with van der Waals surface area (Å²) in [6.07, 6.45) is 1.54. The summed E-state index contributed by atoms with van der Waals surface area (Å²) in [5.41, 5.74) is 3.55. The third-order valence-electron chi connectivity index (χ3n) is 5.73. The number of hydrogen-bond acceptors (Lipinski definition) is 6. The first-order valence-electron chi connectivity index (χ1n) is 10.6. The smallest absolute Gasteiger partial charge is 0.213 e. The van der Waals surface area contributed by atoms with Crippen molar-refractivity contribution in [3.8, 4) is 17.1 Å². The number of halogens is 2. The Morgan fingerprint density at radius 2 is 2.00 bits per heavy atom. The average Bonchev–Trinajstić information content (AvgIpc) is 2.83. The first-order valence-corrected chi connectivity index (χ1v) is 11.0. The number of aromatic nitrogens is 3. The van der Waals surface area contributed by atoms with Gasteiger partial charge in [0.1, 0.15) is 17.7 Å². The predicted molar refractivity (Wildman–Crippen MR) is 126 cm³/mol. The Morgan fingerprint density at radius 1 is 1.12 bits per heavy atom. The topological polar surface area (TPSA) is 60.4 Å². The number of nitrogens with zero attached hydrogens (tertiary/aromatic N) is 4. The molecule has 0 bridgehead atoms. The van der Waals surface area contributed by atoms with Gasteiger partial charge in [-0.2, -0.15) is 0 Å². The molecule has 0 amide bonds. The molecule has 1 atom stereocenters. The van der Waals surface area contributed by atoms with Crippen LogP contribution in [0.5, 0.6) is 5.88 Å². The molecule has 0 N–H and O–H groups in total. The number of hydrogen-bond donors (Lipinski definition) is 0. The van der Waals surface area contributed by atoms with Crippen LogP contribution in [0.2, 0.25) is 5.02 Å². The van der Waals surface area contributed by atoms with Crippen molar-refractivity contribution < 1.29 is 13.9 Å². The van der Waals surface area contributed by atoms with Crippen molar-refractivity contribution in [1.29, 1.82) is 0 Å². The Bertz CT molecular complexity index is 1330. The summed E-state index contributed by atoms with van der Waals surface area (Å²) < 4.78 is 26.2. The van der Waals surface area contributed by atoms with Crippen molar-refractivity contribution in [3.63, 3.8) is 0 Å². The molecule has 1 saturated heterocycles. The molecule has 33 heavy (non-hydrogen) atoms. The summed E-state index contributed by atoms with van der Waals surface area (Å²) in [7, 11) is 1.59. The molecule has 3 aromatic heterocycles. The lowest BCUT2D eigenvalue weighted by Gasteiger charge is -2.34. The summed E-state index contributed by atoms with van der Waals surface area (Å²) >= 11 is 5.98. The number of ether oxygens (including phenoxy) is 2. The Balaban J connectivity index is 1.57. The van der Waals surface area contributed by atoms with Gasteiger partial charge in [-0.25, -0.2) is 14.4 Å². The van der Waals surface area contributed by atoms with Gasteiger partial charge in [0.2, 0.25) is 5.88 Å². The van der Waals surface area contributed by atoms with Crippen molar-refractivity contribution in [2.24, 2.45) is 0 Å². The third-order valence-corrected chi connectivity index (χ3v) is 5.96. The van der Waals surface area contributed by atoms with Crippen LogP contribution in [-0.2, 0) is 4.74 Å². The molecule has 6 nitrogen and oxygen atoms in total. The highest BCUT2D eigenvalue weighted by Gasteiger charge is 2.25. The predicted octanol–water partition coefficient (Wildman–Crippen LogP) is 5.38. The van der Waals surface area contributed by atoms with Gasteiger partial charge in [-0.05, 0) is 48.9 Å². The number of benzene rings is 1. The van der Waals surface area contributed by atoms with Crippen molar-refractivity contribution >= 4 is 28.3 Å². The Kier molecular flexibility index (Phi) is 5.83. The van der Waals surface area contributed by atoms with Crippen molar-refractivity contribution in [1.82, 2.24) is 15.0 Å². The van der Waals surface area contributed by atoms with E-state index in [9.17, 15) is 4.39 Å². The summed E-state index contributed by atoms with van der Waals surface area (Å²) in [6, 6.07) is 14.2. The van der Waals surface area contributed by atoms with Gasteiger partial charge in [0, 0.05) is 53.1 Å². The normalized spacial score (nSPS) is 16.2. The molecule has 1 aliphatic heterocycles. The van der Waals surface area contributed by atoms with E-state index in [1.54, 1.807) is 25.4 Å². The zero-order valence-electron chi connectivity index (χ0n) is 18.3. The van der Waals surface area contributed by atoms with Crippen molar-refractivity contribution in [2.75, 3.05) is 31.7 Å². The number of anilines is 1. The van der Waals surface area contributed by atoms with E-state index in [-0.39, 0.29) is 6.10 Å². The van der Waals surface area contributed by atoms with E-state index in [0.29, 0.717) is 41.9 Å². The number of aryl methyl sites for hydroxylation is 1. The highest BCUT2D eigenvalue weighted by atomic mass is 35.5. The monoisotopic (exact) mass is 464 g/mol. The number of pyridine rings is 3. The van der Waals surface area contributed by atoms with Gasteiger partial charge in [0.25, 0.3) is 0 Å². The maximum Gasteiger partial charge on any atom is 0.213 e. The van der Waals surface area contributed by atoms with Crippen LogP contribution in [0.1, 0.15) is 17.4 Å². The second-order valence-electron chi connectivity index (χ2n) is 7.91. The molecular weight excluding hydrogens is 443 g/mol. The maximum atomic E-state index is 14.9. The molecule has 1 fully saturated rings. The highest BCUT2D eigenvalue weighted by molar-refractivity contribution is 6.30. The van der Waals surface area contributed by atoms with Gasteiger partial charge in [-0.1, -0.05) is 11.6 Å². The number of rotatable bonds is 4. The van der Waals surface area contributed by atoms with Crippen LogP contribution in [0.4, 0.5) is 10.2 Å². The van der Waals surface area contributed by atoms with E-state index < -0.39 is 5.82 Å². The van der Waals surface area contributed by atoms with Crippen LogP contribution in [0.25, 0.3) is 22.2 Å². The fraction of sp³-hybridized carbons (Fsp3) is 0.240. The molecule has 8 heteroatoms. The van der Waals surface area contributed by atoms with Crippen LogP contribution in [0, 0.1) is 12.7 Å². The van der Waals surface area contributed by atoms with Crippen molar-refractivity contribution in [2.45, 2.75) is 13.0 Å². The van der Waals surface area contributed by atoms with E-state index in [4.69, 9.17) is 31.0 Å². The standard InChI is InChI=1S/C25H22ClFN4O2/c1-15-3-5-19-21(29-15)13-23(30-25(19)18-6-4-17(26)12-20(18)27)31-9-10-33-22(14-31)16-7-8-28-24(11-16)32-2/h3-8,11-13,22H,9-10,14H2,1-2H3/t22-/m1/s1. The second-order valence-corrected chi connectivity index (χ2v) is 8.35. The summed E-state index contributed by atoms with van der Waals surface area (Å²) in [5.74, 6) is 0.842. The SMILES string of the molecule is COc1cc([C@H]2CN(c3cc4nc(C)ccc4c(-c4ccc(Cl)cc4F)n3)CCO2)ccn1. The number of fused-ring (bicyclic) bond motifs is 1. The Hall–Kier alpha value is -3.29. The van der Waals surface area contributed by atoms with E-state index >= 15 is 0 Å². The van der Waals surface area contributed by atoms with Gasteiger partial charge >= 0.3 is 0 Å². The van der Waals surface area contributed by atoms with E-state index in [2.05, 4.69) is 9.88 Å². The minimum Gasteiger partial charge on any atom is -0.481 e. The van der Waals surface area contributed by atoms with Gasteiger partial charge < -0.3 is 14.4 Å². The summed E-state index contributed by atoms with van der Waals surface area (Å²) in [4.78, 5) is 15.9. The maximum absolute atomic E-state index is 14.9. The van der Waals surface area contributed by atoms with Crippen LogP contribution in [0.15, 0.2) is 54.7 Å². The molecule has 0 radical (unpaired) electrons. The molecule has 1 aromatic carbocycles. The lowest BCUT2D eigenvalue weighted by molar-refractivity contribution is 0.0393. The van der Waals surface area contributed by atoms with E-state index in [0.717, 1.165) is 28.0 Å². The van der Waals surface area contributed by atoms with Gasteiger partial charge in [-0.3, -0.25) is 4.98 Å². The molecule has 4 heterocycles. The zero-order chi connectivity index (χ0) is 22.9. The molecule has 168 valence electrons. The number of morpholine rings is 1. The largest absolute Gasteiger partial charge is 0.481 e. The van der Waals surface area contributed by atoms with Gasteiger partial charge in [-0.15, -0.1) is 0 Å².